The number of phenolic OH excluding ortho intramolecular Hbond substituents is 1. The van der Waals surface area contributed by atoms with E-state index < -0.39 is 26.4 Å². The smallest absolute Gasteiger partial charge is 0.312 e. The fraction of sp³-hybridized carbons (Fsp3) is 0.0909. The molecule has 1 aromatic heterocycles. The molecule has 21 heavy (non-hydrogen) atoms. The zero-order chi connectivity index (χ0) is 15.5. The molecule has 0 amide bonds. The van der Waals surface area contributed by atoms with Crippen LogP contribution in [0, 0.1) is 10.1 Å². The van der Waals surface area contributed by atoms with E-state index in [-0.39, 0.29) is 11.4 Å². The first-order valence-electron chi connectivity index (χ1n) is 5.62. The summed E-state index contributed by atoms with van der Waals surface area (Å²) in [5, 5.41) is 20.0. The quantitative estimate of drug-likeness (QED) is 0.608. The number of aromatic nitrogens is 2. The van der Waals surface area contributed by atoms with Crippen molar-refractivity contribution < 1.29 is 18.4 Å². The van der Waals surface area contributed by atoms with Gasteiger partial charge in [0.2, 0.25) is 10.0 Å². The van der Waals surface area contributed by atoms with E-state index >= 15 is 0 Å². The van der Waals surface area contributed by atoms with Gasteiger partial charge in [0.05, 0.1) is 22.1 Å². The average molecular weight is 310 g/mol. The molecular weight excluding hydrogens is 300 g/mol. The molecule has 1 aromatic carbocycles. The fourth-order valence-electron chi connectivity index (χ4n) is 1.49. The minimum Gasteiger partial charge on any atom is -0.502 e. The Morgan fingerprint density at radius 1 is 1.33 bits per heavy atom. The molecule has 9 nitrogen and oxygen atoms in total. The molecule has 0 radical (unpaired) electrons. The second-order valence-corrected chi connectivity index (χ2v) is 5.70. The van der Waals surface area contributed by atoms with Crippen molar-refractivity contribution in [2.45, 2.75) is 11.4 Å². The third kappa shape index (κ3) is 3.49. The van der Waals surface area contributed by atoms with Crippen LogP contribution in [-0.2, 0) is 16.6 Å². The minimum atomic E-state index is -3.96. The summed E-state index contributed by atoms with van der Waals surface area (Å²) in [6.07, 6.45) is 2.73. The summed E-state index contributed by atoms with van der Waals surface area (Å²) >= 11 is 0. The van der Waals surface area contributed by atoms with Crippen molar-refractivity contribution in [3.8, 4) is 5.75 Å². The van der Waals surface area contributed by atoms with E-state index in [4.69, 9.17) is 0 Å². The predicted octanol–water partition coefficient (Wildman–Crippen LogP) is 0.569. The number of phenols is 1. The lowest BCUT2D eigenvalue weighted by molar-refractivity contribution is -0.386. The van der Waals surface area contributed by atoms with Crippen LogP contribution in [0.25, 0.3) is 0 Å². The predicted molar refractivity (Wildman–Crippen MR) is 70.8 cm³/mol. The van der Waals surface area contributed by atoms with Gasteiger partial charge in [0.15, 0.2) is 5.75 Å². The Hall–Kier alpha value is -2.59. The van der Waals surface area contributed by atoms with E-state index in [1.807, 2.05) is 0 Å². The van der Waals surface area contributed by atoms with Gasteiger partial charge in [-0.3, -0.25) is 10.1 Å². The highest BCUT2D eigenvalue weighted by atomic mass is 32.2. The normalized spacial score (nSPS) is 11.2. The lowest BCUT2D eigenvalue weighted by Crippen LogP contribution is -2.23. The third-order valence-corrected chi connectivity index (χ3v) is 3.94. The number of nitrogens with zero attached hydrogens (tertiary/aromatic N) is 3. The molecule has 0 aliphatic rings. The number of hydrogen-bond donors (Lipinski definition) is 2. The maximum Gasteiger partial charge on any atom is 0.312 e. The van der Waals surface area contributed by atoms with E-state index in [1.54, 1.807) is 0 Å². The summed E-state index contributed by atoms with van der Waals surface area (Å²) in [6.45, 7) is -0.0838. The van der Waals surface area contributed by atoms with Gasteiger partial charge in [-0.2, -0.15) is 0 Å². The van der Waals surface area contributed by atoms with E-state index in [2.05, 4.69) is 14.7 Å². The monoisotopic (exact) mass is 310 g/mol. The van der Waals surface area contributed by atoms with Crippen LogP contribution in [0.5, 0.6) is 5.75 Å². The standard InChI is InChI=1S/C11H10N4O5S/c16-11-2-1-9(5-10(11)15(17)18)21(19,20)14-6-8-3-4-12-7-13-8/h1-5,7,14,16H,6H2. The first-order valence-corrected chi connectivity index (χ1v) is 7.10. The molecule has 0 spiro atoms. The molecule has 0 saturated carbocycles. The van der Waals surface area contributed by atoms with Crippen LogP contribution in [-0.4, -0.2) is 28.4 Å². The summed E-state index contributed by atoms with van der Waals surface area (Å²) in [5.41, 5.74) is -0.234. The molecule has 0 bridgehead atoms. The van der Waals surface area contributed by atoms with Crippen molar-refractivity contribution in [2.24, 2.45) is 0 Å². The van der Waals surface area contributed by atoms with Crippen LogP contribution in [0.4, 0.5) is 5.69 Å². The van der Waals surface area contributed by atoms with Crippen LogP contribution < -0.4 is 4.72 Å². The summed E-state index contributed by atoms with van der Waals surface area (Å²) in [7, 11) is -3.96. The molecule has 0 fully saturated rings. The maximum absolute atomic E-state index is 12.0. The maximum atomic E-state index is 12.0. The van der Waals surface area contributed by atoms with E-state index in [0.717, 1.165) is 18.2 Å². The van der Waals surface area contributed by atoms with E-state index in [0.29, 0.717) is 5.69 Å². The van der Waals surface area contributed by atoms with Crippen LogP contribution >= 0.6 is 0 Å². The van der Waals surface area contributed by atoms with Gasteiger partial charge in [0.25, 0.3) is 0 Å². The zero-order valence-corrected chi connectivity index (χ0v) is 11.3. The summed E-state index contributed by atoms with van der Waals surface area (Å²) < 4.78 is 26.3. The minimum absolute atomic E-state index is 0.0838. The number of benzene rings is 1. The first kappa shape index (κ1) is 14.8. The Kier molecular flexibility index (Phi) is 4.10. The van der Waals surface area contributed by atoms with Crippen LogP contribution in [0.3, 0.4) is 0 Å². The van der Waals surface area contributed by atoms with Gasteiger partial charge in [-0.15, -0.1) is 0 Å². The molecule has 2 N–H and O–H groups in total. The SMILES string of the molecule is O=[N+]([O-])c1cc(S(=O)(=O)NCc2ccncn2)ccc1O. The van der Waals surface area contributed by atoms with Crippen molar-refractivity contribution in [3.63, 3.8) is 0 Å². The van der Waals surface area contributed by atoms with E-state index in [1.165, 1.54) is 18.6 Å². The Morgan fingerprint density at radius 3 is 2.71 bits per heavy atom. The number of hydrogen-bond acceptors (Lipinski definition) is 7. The number of nitrogens with one attached hydrogen (secondary N) is 1. The summed E-state index contributed by atoms with van der Waals surface area (Å²) in [5.74, 6) is -0.602. The Labute approximate surface area is 119 Å². The molecule has 1 heterocycles. The van der Waals surface area contributed by atoms with Gasteiger partial charge in [0.1, 0.15) is 6.33 Å². The average Bonchev–Trinajstić information content (AvgIpc) is 2.46. The molecule has 0 atom stereocenters. The second-order valence-electron chi connectivity index (χ2n) is 3.93. The summed E-state index contributed by atoms with van der Waals surface area (Å²) in [4.78, 5) is 17.1. The molecule has 0 aliphatic heterocycles. The van der Waals surface area contributed by atoms with E-state index in [9.17, 15) is 23.6 Å². The van der Waals surface area contributed by atoms with Gasteiger partial charge >= 0.3 is 5.69 Å². The summed E-state index contributed by atoms with van der Waals surface area (Å²) in [6, 6.07) is 4.35. The van der Waals surface area contributed by atoms with Gasteiger partial charge in [0, 0.05) is 12.3 Å². The van der Waals surface area contributed by atoms with Crippen molar-refractivity contribution in [3.05, 3.63) is 52.6 Å². The number of nitro benzene ring substituents is 1. The topological polar surface area (TPSA) is 135 Å². The Bertz CT molecular complexity index is 763. The van der Waals surface area contributed by atoms with Gasteiger partial charge in [-0.1, -0.05) is 0 Å². The Balaban J connectivity index is 2.24. The molecule has 0 unspecified atom stereocenters. The third-order valence-electron chi connectivity index (χ3n) is 2.54. The van der Waals surface area contributed by atoms with Gasteiger partial charge in [-0.05, 0) is 18.2 Å². The van der Waals surface area contributed by atoms with Crippen LogP contribution in [0.1, 0.15) is 5.69 Å². The van der Waals surface area contributed by atoms with Gasteiger partial charge < -0.3 is 5.11 Å². The lowest BCUT2D eigenvalue weighted by atomic mass is 10.3. The molecule has 110 valence electrons. The molecule has 0 aliphatic carbocycles. The van der Waals surface area contributed by atoms with Crippen molar-refractivity contribution in [1.29, 1.82) is 0 Å². The fourth-order valence-corrected chi connectivity index (χ4v) is 2.51. The molecular formula is C11H10N4O5S. The van der Waals surface area contributed by atoms with Crippen LogP contribution in [0.15, 0.2) is 41.7 Å². The number of nitro groups is 1. The zero-order valence-electron chi connectivity index (χ0n) is 10.5. The number of rotatable bonds is 5. The largest absolute Gasteiger partial charge is 0.502 e. The highest BCUT2D eigenvalue weighted by molar-refractivity contribution is 7.89. The second kappa shape index (κ2) is 5.81. The Morgan fingerprint density at radius 2 is 2.10 bits per heavy atom. The highest BCUT2D eigenvalue weighted by Crippen LogP contribution is 2.28. The van der Waals surface area contributed by atoms with Crippen molar-refractivity contribution in [1.82, 2.24) is 14.7 Å². The number of aromatic hydroxyl groups is 1. The molecule has 0 saturated heterocycles. The molecule has 2 rings (SSSR count). The van der Waals surface area contributed by atoms with Crippen molar-refractivity contribution in [2.75, 3.05) is 0 Å². The highest BCUT2D eigenvalue weighted by Gasteiger charge is 2.21. The van der Waals surface area contributed by atoms with Gasteiger partial charge in [-0.25, -0.2) is 23.1 Å². The molecule has 10 heteroatoms. The van der Waals surface area contributed by atoms with Crippen molar-refractivity contribution >= 4 is 15.7 Å². The van der Waals surface area contributed by atoms with Crippen LogP contribution in [0.2, 0.25) is 0 Å². The lowest BCUT2D eigenvalue weighted by Gasteiger charge is -2.06. The molecule has 2 aromatic rings. The first-order chi connectivity index (χ1) is 9.90. The number of sulfonamides is 1.